The fourth-order valence-electron chi connectivity index (χ4n) is 3.40. The highest BCUT2D eigenvalue weighted by atomic mass is 32.2. The van der Waals surface area contributed by atoms with Crippen molar-refractivity contribution in [3.63, 3.8) is 0 Å². The van der Waals surface area contributed by atoms with Crippen LogP contribution in [0.3, 0.4) is 0 Å². The maximum Gasteiger partial charge on any atom is 0.282 e. The van der Waals surface area contributed by atoms with E-state index in [-0.39, 0.29) is 6.04 Å². The molecule has 5 nitrogen and oxygen atoms in total. The summed E-state index contributed by atoms with van der Waals surface area (Å²) >= 11 is 0. The zero-order valence-electron chi connectivity index (χ0n) is 12.5. The minimum Gasteiger partial charge on any atom is -0.329 e. The van der Waals surface area contributed by atoms with E-state index < -0.39 is 10.2 Å². The maximum atomic E-state index is 12.9. The molecule has 2 rings (SSSR count). The first-order valence-corrected chi connectivity index (χ1v) is 9.53. The van der Waals surface area contributed by atoms with Crippen LogP contribution in [0.5, 0.6) is 0 Å². The second kappa shape index (κ2) is 7.73. The summed E-state index contributed by atoms with van der Waals surface area (Å²) in [5, 5.41) is 0. The Kier molecular flexibility index (Phi) is 6.26. The molecular weight excluding hydrogens is 274 g/mol. The Morgan fingerprint density at radius 1 is 0.950 bits per heavy atom. The van der Waals surface area contributed by atoms with Gasteiger partial charge in [0.2, 0.25) is 0 Å². The van der Waals surface area contributed by atoms with E-state index in [1.54, 1.807) is 8.61 Å². The molecule has 2 N–H and O–H groups in total. The topological polar surface area (TPSA) is 66.6 Å². The second-order valence-electron chi connectivity index (χ2n) is 6.01. The Labute approximate surface area is 123 Å². The van der Waals surface area contributed by atoms with Crippen LogP contribution in [-0.2, 0) is 10.2 Å². The summed E-state index contributed by atoms with van der Waals surface area (Å²) in [6.45, 7) is 2.22. The Balaban J connectivity index is 2.12. The van der Waals surface area contributed by atoms with Gasteiger partial charge in [-0.25, -0.2) is 0 Å². The highest BCUT2D eigenvalue weighted by Crippen LogP contribution is 2.26. The lowest BCUT2D eigenvalue weighted by atomic mass is 9.95. The minimum absolute atomic E-state index is 0.167. The molecule has 0 atom stereocenters. The van der Waals surface area contributed by atoms with Gasteiger partial charge in [0, 0.05) is 32.2 Å². The predicted octanol–water partition coefficient (Wildman–Crippen LogP) is 1.70. The van der Waals surface area contributed by atoms with E-state index >= 15 is 0 Å². The van der Waals surface area contributed by atoms with Crippen molar-refractivity contribution in [3.8, 4) is 0 Å². The summed E-state index contributed by atoms with van der Waals surface area (Å²) in [6.07, 6.45) is 9.76. The van der Waals surface area contributed by atoms with E-state index in [9.17, 15) is 8.42 Å². The predicted molar refractivity (Wildman–Crippen MR) is 81.6 cm³/mol. The van der Waals surface area contributed by atoms with Crippen LogP contribution in [0.25, 0.3) is 0 Å². The van der Waals surface area contributed by atoms with Crippen molar-refractivity contribution in [2.24, 2.45) is 5.73 Å². The van der Waals surface area contributed by atoms with E-state index in [1.807, 2.05) is 0 Å². The van der Waals surface area contributed by atoms with Crippen molar-refractivity contribution < 1.29 is 8.42 Å². The monoisotopic (exact) mass is 303 g/mol. The molecule has 1 aliphatic heterocycles. The summed E-state index contributed by atoms with van der Waals surface area (Å²) in [5.41, 5.74) is 5.67. The Hall–Kier alpha value is -0.170. The number of nitrogens with zero attached hydrogens (tertiary/aromatic N) is 2. The van der Waals surface area contributed by atoms with Gasteiger partial charge in [-0.3, -0.25) is 0 Å². The molecule has 118 valence electrons. The van der Waals surface area contributed by atoms with E-state index in [0.29, 0.717) is 26.2 Å². The second-order valence-corrected chi connectivity index (χ2v) is 7.89. The molecule has 2 fully saturated rings. The van der Waals surface area contributed by atoms with Crippen molar-refractivity contribution in [1.82, 2.24) is 8.61 Å². The Morgan fingerprint density at radius 3 is 2.05 bits per heavy atom. The van der Waals surface area contributed by atoms with Crippen LogP contribution in [0.1, 0.15) is 57.8 Å². The highest BCUT2D eigenvalue weighted by Gasteiger charge is 2.35. The van der Waals surface area contributed by atoms with Crippen LogP contribution >= 0.6 is 0 Å². The van der Waals surface area contributed by atoms with E-state index in [0.717, 1.165) is 51.4 Å². The average Bonchev–Trinajstić information content (AvgIpc) is 2.75. The third-order valence-electron chi connectivity index (χ3n) is 4.52. The van der Waals surface area contributed by atoms with Gasteiger partial charge in [-0.05, 0) is 25.7 Å². The molecule has 1 saturated heterocycles. The fraction of sp³-hybridized carbons (Fsp3) is 1.00. The van der Waals surface area contributed by atoms with Crippen LogP contribution in [-0.4, -0.2) is 49.2 Å². The molecule has 0 aromatic heterocycles. The van der Waals surface area contributed by atoms with E-state index in [2.05, 4.69) is 0 Å². The molecule has 0 aromatic carbocycles. The summed E-state index contributed by atoms with van der Waals surface area (Å²) in [7, 11) is -3.32. The van der Waals surface area contributed by atoms with Gasteiger partial charge in [0.1, 0.15) is 0 Å². The molecule has 2 aliphatic rings. The fourth-order valence-corrected chi connectivity index (χ4v) is 5.34. The highest BCUT2D eigenvalue weighted by molar-refractivity contribution is 7.86. The third-order valence-corrected chi connectivity index (χ3v) is 6.61. The molecule has 6 heteroatoms. The molecule has 0 aromatic rings. The van der Waals surface area contributed by atoms with Crippen molar-refractivity contribution in [2.75, 3.05) is 26.2 Å². The lowest BCUT2D eigenvalue weighted by molar-refractivity contribution is 0.238. The average molecular weight is 303 g/mol. The summed E-state index contributed by atoms with van der Waals surface area (Å²) in [6, 6.07) is 0.167. The minimum atomic E-state index is -3.32. The quantitative estimate of drug-likeness (QED) is 0.840. The van der Waals surface area contributed by atoms with Gasteiger partial charge in [0.15, 0.2) is 0 Å². The van der Waals surface area contributed by atoms with Crippen molar-refractivity contribution in [1.29, 1.82) is 0 Å². The first-order valence-electron chi connectivity index (χ1n) is 8.13. The van der Waals surface area contributed by atoms with Crippen molar-refractivity contribution in [3.05, 3.63) is 0 Å². The number of hydrogen-bond donors (Lipinski definition) is 1. The van der Waals surface area contributed by atoms with Gasteiger partial charge in [-0.1, -0.05) is 32.1 Å². The molecule has 1 saturated carbocycles. The zero-order valence-corrected chi connectivity index (χ0v) is 13.3. The molecule has 0 bridgehead atoms. The Morgan fingerprint density at radius 2 is 1.50 bits per heavy atom. The van der Waals surface area contributed by atoms with Crippen LogP contribution in [0.2, 0.25) is 0 Å². The third kappa shape index (κ3) is 3.93. The normalized spacial score (nSPS) is 23.9. The van der Waals surface area contributed by atoms with Gasteiger partial charge in [0.25, 0.3) is 10.2 Å². The van der Waals surface area contributed by atoms with Gasteiger partial charge in [-0.2, -0.15) is 17.0 Å². The number of nitrogens with two attached hydrogens (primary N) is 1. The molecule has 1 aliphatic carbocycles. The number of rotatable bonds is 5. The maximum absolute atomic E-state index is 12.9. The molecule has 0 radical (unpaired) electrons. The Bertz CT molecular complexity index is 372. The molecule has 0 amide bonds. The van der Waals surface area contributed by atoms with Gasteiger partial charge < -0.3 is 5.73 Å². The molecule has 1 heterocycles. The smallest absolute Gasteiger partial charge is 0.282 e. The zero-order chi connectivity index (χ0) is 14.4. The molecule has 0 unspecified atom stereocenters. The summed E-state index contributed by atoms with van der Waals surface area (Å²) < 4.78 is 29.3. The first-order chi connectivity index (χ1) is 9.66. The standard InChI is InChI=1S/C14H29N3O2S/c15-10-13-17(14-8-4-3-5-9-14)20(18,19)16-11-6-1-2-7-12-16/h14H,1-13,15H2. The van der Waals surface area contributed by atoms with E-state index in [4.69, 9.17) is 5.73 Å². The van der Waals surface area contributed by atoms with Crippen LogP contribution in [0.15, 0.2) is 0 Å². The SMILES string of the molecule is NCCN(C1CCCCC1)S(=O)(=O)N1CCCCCC1. The van der Waals surface area contributed by atoms with Crippen molar-refractivity contribution >= 4 is 10.2 Å². The lowest BCUT2D eigenvalue weighted by Crippen LogP contribution is -2.51. The van der Waals surface area contributed by atoms with Gasteiger partial charge in [-0.15, -0.1) is 0 Å². The van der Waals surface area contributed by atoms with Gasteiger partial charge >= 0.3 is 0 Å². The van der Waals surface area contributed by atoms with E-state index in [1.165, 1.54) is 6.42 Å². The van der Waals surface area contributed by atoms with Crippen molar-refractivity contribution in [2.45, 2.75) is 63.8 Å². The summed E-state index contributed by atoms with van der Waals surface area (Å²) in [4.78, 5) is 0. The molecular formula is C14H29N3O2S. The van der Waals surface area contributed by atoms with Crippen LogP contribution in [0.4, 0.5) is 0 Å². The molecule has 20 heavy (non-hydrogen) atoms. The molecule has 0 spiro atoms. The number of hydrogen-bond acceptors (Lipinski definition) is 3. The van der Waals surface area contributed by atoms with Crippen LogP contribution < -0.4 is 5.73 Å². The van der Waals surface area contributed by atoms with Gasteiger partial charge in [0.05, 0.1) is 0 Å². The summed E-state index contributed by atoms with van der Waals surface area (Å²) in [5.74, 6) is 0. The lowest BCUT2D eigenvalue weighted by Gasteiger charge is -2.36. The largest absolute Gasteiger partial charge is 0.329 e. The first kappa shape index (κ1) is 16.2. The van der Waals surface area contributed by atoms with Crippen LogP contribution in [0, 0.1) is 0 Å².